The molecular formula is C57H37NO. The van der Waals surface area contributed by atoms with Crippen molar-refractivity contribution in [2.24, 2.45) is 0 Å². The van der Waals surface area contributed by atoms with Crippen molar-refractivity contribution < 1.29 is 4.74 Å². The molecule has 0 aromatic heterocycles. The van der Waals surface area contributed by atoms with Crippen molar-refractivity contribution in [2.75, 3.05) is 4.90 Å². The third-order valence-electron chi connectivity index (χ3n) is 12.5. The number of ether oxygens (including phenoxy) is 1. The first-order valence-corrected chi connectivity index (χ1v) is 20.3. The second kappa shape index (κ2) is 13.2. The van der Waals surface area contributed by atoms with Crippen molar-refractivity contribution in [1.29, 1.82) is 0 Å². The Morgan fingerprint density at radius 3 is 1.39 bits per heavy atom. The third kappa shape index (κ3) is 5.06. The van der Waals surface area contributed by atoms with E-state index in [9.17, 15) is 0 Å². The SMILES string of the molecule is c1ccc(-c2ccc(N(c3ccccc3)c3ccc(-c4ccc5c(c4)C4(c6ccccc6-5)c5ccc6ccccc6c5Oc5c4ccc4ccccc54)cc3)cc2)cc1. The number of benzene rings is 10. The van der Waals surface area contributed by atoms with E-state index in [0.29, 0.717) is 0 Å². The molecule has 0 bridgehead atoms. The van der Waals surface area contributed by atoms with E-state index < -0.39 is 5.41 Å². The van der Waals surface area contributed by atoms with Crippen LogP contribution in [-0.2, 0) is 5.41 Å². The zero-order chi connectivity index (χ0) is 38.9. The highest BCUT2D eigenvalue weighted by Crippen LogP contribution is 2.64. The zero-order valence-electron chi connectivity index (χ0n) is 32.2. The minimum Gasteiger partial charge on any atom is -0.455 e. The average Bonchev–Trinajstić information content (AvgIpc) is 3.60. The molecule has 0 unspecified atom stereocenters. The van der Waals surface area contributed by atoms with Crippen LogP contribution in [0.2, 0.25) is 0 Å². The van der Waals surface area contributed by atoms with Crippen molar-refractivity contribution in [3.8, 4) is 44.9 Å². The Morgan fingerprint density at radius 1 is 0.305 bits per heavy atom. The lowest BCUT2D eigenvalue weighted by Crippen LogP contribution is -2.32. The van der Waals surface area contributed by atoms with Crippen LogP contribution in [-0.4, -0.2) is 0 Å². The van der Waals surface area contributed by atoms with Crippen molar-refractivity contribution >= 4 is 38.6 Å². The molecule has 0 saturated heterocycles. The van der Waals surface area contributed by atoms with Gasteiger partial charge in [-0.05, 0) is 97.7 Å². The fraction of sp³-hybridized carbons (Fsp3) is 0.0175. The first-order chi connectivity index (χ1) is 29.3. The standard InChI is InChI=1S/C57H37NO/c1-3-13-38(14-4-1)39-23-30-45(31-24-39)58(44-17-5-2-6-18-44)46-32-25-40(26-33-46)43-27-34-50-49-21-11-12-22-51(49)57(54(50)37-43)52-35-28-41-15-7-9-19-47(41)55(52)59-56-48-20-10-8-16-42(48)29-36-53(56)57/h1-37H. The lowest BCUT2D eigenvalue weighted by molar-refractivity contribution is 0.447. The number of hydrogen-bond acceptors (Lipinski definition) is 2. The Kier molecular flexibility index (Phi) is 7.48. The molecule has 1 aliphatic heterocycles. The van der Waals surface area contributed by atoms with Gasteiger partial charge in [-0.1, -0.05) is 182 Å². The molecule has 10 aromatic rings. The van der Waals surface area contributed by atoms with Gasteiger partial charge in [0.25, 0.3) is 0 Å². The van der Waals surface area contributed by atoms with E-state index in [0.717, 1.165) is 39.3 Å². The maximum atomic E-state index is 7.17. The molecule has 0 atom stereocenters. The van der Waals surface area contributed by atoms with Crippen LogP contribution in [0.15, 0.2) is 224 Å². The molecule has 2 nitrogen and oxygen atoms in total. The summed E-state index contributed by atoms with van der Waals surface area (Å²) in [5, 5.41) is 4.58. The van der Waals surface area contributed by atoms with Gasteiger partial charge in [-0.25, -0.2) is 0 Å². The van der Waals surface area contributed by atoms with E-state index in [1.165, 1.54) is 66.4 Å². The van der Waals surface area contributed by atoms with Gasteiger partial charge in [-0.2, -0.15) is 0 Å². The van der Waals surface area contributed by atoms with Crippen LogP contribution in [0.5, 0.6) is 11.5 Å². The first-order valence-electron chi connectivity index (χ1n) is 20.3. The lowest BCUT2D eigenvalue weighted by Gasteiger charge is -2.40. The molecule has 1 aliphatic carbocycles. The van der Waals surface area contributed by atoms with Gasteiger partial charge in [0.1, 0.15) is 11.5 Å². The summed E-state index contributed by atoms with van der Waals surface area (Å²) < 4.78 is 7.17. The summed E-state index contributed by atoms with van der Waals surface area (Å²) in [5.41, 5.74) is 14.9. The van der Waals surface area contributed by atoms with E-state index in [1.807, 2.05) is 0 Å². The van der Waals surface area contributed by atoms with Crippen LogP contribution in [0.25, 0.3) is 54.9 Å². The van der Waals surface area contributed by atoms with E-state index in [4.69, 9.17) is 4.74 Å². The molecule has 0 saturated carbocycles. The van der Waals surface area contributed by atoms with E-state index in [-0.39, 0.29) is 0 Å². The Morgan fingerprint density at radius 2 is 0.763 bits per heavy atom. The summed E-state index contributed by atoms with van der Waals surface area (Å²) in [6.07, 6.45) is 0. The number of rotatable bonds is 5. The van der Waals surface area contributed by atoms with Gasteiger partial charge in [-0.15, -0.1) is 0 Å². The van der Waals surface area contributed by atoms with Crippen molar-refractivity contribution in [1.82, 2.24) is 0 Å². The smallest absolute Gasteiger partial charge is 0.140 e. The maximum absolute atomic E-state index is 7.17. The summed E-state index contributed by atoms with van der Waals surface area (Å²) in [6.45, 7) is 0. The molecule has 0 amide bonds. The normalized spacial score (nSPS) is 13.0. The van der Waals surface area contributed by atoms with Crippen molar-refractivity contribution in [3.05, 3.63) is 247 Å². The quantitative estimate of drug-likeness (QED) is 0.174. The summed E-state index contributed by atoms with van der Waals surface area (Å²) in [6, 6.07) is 81.5. The Labute approximate surface area is 343 Å². The van der Waals surface area contributed by atoms with Gasteiger partial charge in [0.15, 0.2) is 0 Å². The number of hydrogen-bond donors (Lipinski definition) is 0. The highest BCUT2D eigenvalue weighted by molar-refractivity contribution is 6.00. The van der Waals surface area contributed by atoms with E-state index in [2.05, 4.69) is 229 Å². The van der Waals surface area contributed by atoms with Crippen LogP contribution in [0.3, 0.4) is 0 Å². The van der Waals surface area contributed by atoms with Crippen LogP contribution < -0.4 is 9.64 Å². The van der Waals surface area contributed by atoms with Gasteiger partial charge in [0.05, 0.1) is 5.41 Å². The van der Waals surface area contributed by atoms with Crippen LogP contribution >= 0.6 is 0 Å². The topological polar surface area (TPSA) is 12.5 Å². The first kappa shape index (κ1) is 33.5. The second-order valence-electron chi connectivity index (χ2n) is 15.6. The minimum absolute atomic E-state index is 0.588. The van der Waals surface area contributed by atoms with Gasteiger partial charge < -0.3 is 9.64 Å². The van der Waals surface area contributed by atoms with Gasteiger partial charge in [0, 0.05) is 39.0 Å². The molecule has 1 heterocycles. The number of para-hydroxylation sites is 1. The third-order valence-corrected chi connectivity index (χ3v) is 12.5. The summed E-state index contributed by atoms with van der Waals surface area (Å²) in [5.74, 6) is 1.87. The largest absolute Gasteiger partial charge is 0.455 e. The fourth-order valence-corrected chi connectivity index (χ4v) is 9.84. The summed E-state index contributed by atoms with van der Waals surface area (Å²) in [7, 11) is 0. The number of nitrogens with zero attached hydrogens (tertiary/aromatic N) is 1. The van der Waals surface area contributed by atoms with E-state index in [1.54, 1.807) is 0 Å². The molecule has 2 aliphatic rings. The van der Waals surface area contributed by atoms with Crippen LogP contribution in [0.4, 0.5) is 17.1 Å². The highest BCUT2D eigenvalue weighted by atomic mass is 16.5. The predicted molar refractivity (Wildman–Crippen MR) is 244 cm³/mol. The van der Waals surface area contributed by atoms with Gasteiger partial charge >= 0.3 is 0 Å². The molecular weight excluding hydrogens is 715 g/mol. The number of anilines is 3. The molecule has 0 radical (unpaired) electrons. The van der Waals surface area contributed by atoms with Gasteiger partial charge in [-0.3, -0.25) is 0 Å². The molecule has 276 valence electrons. The Hall–Kier alpha value is -7.68. The van der Waals surface area contributed by atoms with Gasteiger partial charge in [0.2, 0.25) is 0 Å². The highest BCUT2D eigenvalue weighted by Gasteiger charge is 2.51. The molecule has 59 heavy (non-hydrogen) atoms. The molecule has 12 rings (SSSR count). The maximum Gasteiger partial charge on any atom is 0.140 e. The zero-order valence-corrected chi connectivity index (χ0v) is 32.2. The Balaban J connectivity index is 1.03. The monoisotopic (exact) mass is 751 g/mol. The molecule has 0 fully saturated rings. The lowest BCUT2D eigenvalue weighted by atomic mass is 9.65. The molecule has 2 heteroatoms. The fourth-order valence-electron chi connectivity index (χ4n) is 9.84. The molecule has 1 spiro atoms. The molecule has 10 aromatic carbocycles. The van der Waals surface area contributed by atoms with Crippen molar-refractivity contribution in [3.63, 3.8) is 0 Å². The Bertz CT molecular complexity index is 3140. The number of fused-ring (bicyclic) bond motifs is 13. The summed E-state index contributed by atoms with van der Waals surface area (Å²) in [4.78, 5) is 2.33. The van der Waals surface area contributed by atoms with E-state index >= 15 is 0 Å². The average molecular weight is 752 g/mol. The van der Waals surface area contributed by atoms with Crippen LogP contribution in [0, 0.1) is 0 Å². The van der Waals surface area contributed by atoms with Crippen molar-refractivity contribution in [2.45, 2.75) is 5.41 Å². The van der Waals surface area contributed by atoms with Crippen LogP contribution in [0.1, 0.15) is 22.3 Å². The molecule has 0 N–H and O–H groups in total. The minimum atomic E-state index is -0.588. The predicted octanol–water partition coefficient (Wildman–Crippen LogP) is 15.3. The summed E-state index contributed by atoms with van der Waals surface area (Å²) >= 11 is 0. The second-order valence-corrected chi connectivity index (χ2v) is 15.6.